The second-order valence-electron chi connectivity index (χ2n) is 17.4. The number of carbonyl (C=O) groups is 1. The first-order valence-electron chi connectivity index (χ1n) is 20.2. The van der Waals surface area contributed by atoms with Crippen molar-refractivity contribution in [1.82, 2.24) is 4.98 Å². The van der Waals surface area contributed by atoms with E-state index in [9.17, 15) is 9.90 Å². The number of hydrogen-bond acceptors (Lipinski definition) is 5. The molecule has 0 aliphatic rings. The van der Waals surface area contributed by atoms with Crippen LogP contribution in [0.5, 0.6) is 0 Å². The van der Waals surface area contributed by atoms with Crippen molar-refractivity contribution in [2.75, 3.05) is 0 Å². The number of allylic oxidation sites excluding steroid dienone is 2. The maximum Gasteiger partial charge on any atom is 0.164 e. The molecular weight excluding hydrogens is 871 g/mol. The van der Waals surface area contributed by atoms with E-state index in [-0.39, 0.29) is 47.9 Å². The van der Waals surface area contributed by atoms with E-state index >= 15 is 0 Å². The molecular formula is C50H62IrNO4-. The third-order valence-corrected chi connectivity index (χ3v) is 12.2. The van der Waals surface area contributed by atoms with Gasteiger partial charge in [0.2, 0.25) is 0 Å². The Bertz CT molecular complexity index is 2340. The van der Waals surface area contributed by atoms with Gasteiger partial charge >= 0.3 is 0 Å². The molecule has 5 nitrogen and oxygen atoms in total. The van der Waals surface area contributed by atoms with Gasteiger partial charge < -0.3 is 13.9 Å². The number of pyridine rings is 1. The Balaban J connectivity index is 0.000000330. The van der Waals surface area contributed by atoms with Gasteiger partial charge in [-0.15, -0.1) is 29.1 Å². The number of aromatic nitrogens is 1. The number of aryl methyl sites for hydroxylation is 2. The zero-order chi connectivity index (χ0) is 40.5. The smallest absolute Gasteiger partial charge is 0.164 e. The number of rotatable bonds is 11. The molecule has 301 valence electrons. The number of carbonyl (C=O) groups excluding carboxylic acids is 1. The summed E-state index contributed by atoms with van der Waals surface area (Å²) in [7, 11) is 0. The van der Waals surface area contributed by atoms with Crippen molar-refractivity contribution in [2.45, 2.75) is 128 Å². The van der Waals surface area contributed by atoms with E-state index in [4.69, 9.17) is 13.8 Å². The van der Waals surface area contributed by atoms with E-state index in [2.05, 4.69) is 109 Å². The molecule has 0 saturated carbocycles. The number of benzene rings is 3. The van der Waals surface area contributed by atoms with Crippen LogP contribution in [0.25, 0.3) is 55.3 Å². The molecule has 6 heteroatoms. The van der Waals surface area contributed by atoms with Crippen LogP contribution in [0.1, 0.15) is 124 Å². The molecule has 1 radical (unpaired) electrons. The Morgan fingerprint density at radius 2 is 1.48 bits per heavy atom. The van der Waals surface area contributed by atoms with Gasteiger partial charge in [0.1, 0.15) is 28.4 Å². The molecule has 6 aromatic rings. The maximum absolute atomic E-state index is 12.2. The van der Waals surface area contributed by atoms with Crippen LogP contribution in [0.2, 0.25) is 0 Å². The van der Waals surface area contributed by atoms with Gasteiger partial charge in [0.05, 0.1) is 0 Å². The van der Waals surface area contributed by atoms with E-state index in [1.54, 1.807) is 0 Å². The number of ketones is 1. The second kappa shape index (κ2) is 17.7. The summed E-state index contributed by atoms with van der Waals surface area (Å²) in [5.74, 6) is 2.71. The van der Waals surface area contributed by atoms with Crippen LogP contribution in [0.4, 0.5) is 0 Å². The minimum absolute atomic E-state index is 0. The quantitative estimate of drug-likeness (QED) is 0.0796. The molecule has 0 fully saturated rings. The van der Waals surface area contributed by atoms with Crippen LogP contribution < -0.4 is 0 Å². The standard InChI is InChI=1S/C35H34NO2.C15H28O2.Ir/c1-20(2)16-28-22(4)37-31-13-12-24(18-29(28)31)33-21(3)26-14-15-36-32(34(26)38-33)25-17-23-10-8-9-11-27(23)30(19-25)35(5,6)7;1-7-14(5,8-2)12(16)11-13(17)15(6,9-3)10-4;/h8-15,18-20H,16H2,1-7H3;11,16H,7-10H2,1-6H3;/q-1;;/b;12-11-;. The van der Waals surface area contributed by atoms with Crippen LogP contribution in [0.15, 0.2) is 81.5 Å². The number of fused-ring (bicyclic) bond motifs is 3. The number of aliphatic hydroxyl groups is 1. The first kappa shape index (κ1) is 44.7. The fourth-order valence-corrected chi connectivity index (χ4v) is 7.35. The van der Waals surface area contributed by atoms with E-state index < -0.39 is 0 Å². The molecule has 6 rings (SSSR count). The summed E-state index contributed by atoms with van der Waals surface area (Å²) in [6, 6.07) is 22.8. The number of furan rings is 2. The average Bonchev–Trinajstić information content (AvgIpc) is 3.67. The Kier molecular flexibility index (Phi) is 14.1. The van der Waals surface area contributed by atoms with Crippen molar-refractivity contribution in [3.05, 3.63) is 101 Å². The van der Waals surface area contributed by atoms with Gasteiger partial charge in [0.15, 0.2) is 5.78 Å². The Morgan fingerprint density at radius 3 is 2.09 bits per heavy atom. The predicted molar refractivity (Wildman–Crippen MR) is 231 cm³/mol. The van der Waals surface area contributed by atoms with Crippen molar-refractivity contribution >= 4 is 38.5 Å². The molecule has 56 heavy (non-hydrogen) atoms. The Morgan fingerprint density at radius 1 is 0.839 bits per heavy atom. The molecule has 1 N–H and O–H groups in total. The minimum atomic E-state index is -0.337. The summed E-state index contributed by atoms with van der Waals surface area (Å²) in [4.78, 5) is 17.0. The molecule has 0 saturated heterocycles. The van der Waals surface area contributed by atoms with Gasteiger partial charge in [-0.05, 0) is 81.5 Å². The van der Waals surface area contributed by atoms with Crippen LogP contribution in [0.3, 0.4) is 0 Å². The van der Waals surface area contributed by atoms with Crippen molar-refractivity contribution in [2.24, 2.45) is 16.7 Å². The van der Waals surface area contributed by atoms with E-state index in [1.807, 2.05) is 47.7 Å². The molecule has 3 aromatic heterocycles. The van der Waals surface area contributed by atoms with E-state index in [0.29, 0.717) is 5.92 Å². The molecule has 0 atom stereocenters. The zero-order valence-corrected chi connectivity index (χ0v) is 38.3. The third-order valence-electron chi connectivity index (χ3n) is 12.2. The Labute approximate surface area is 348 Å². The Hall–Kier alpha value is -3.99. The summed E-state index contributed by atoms with van der Waals surface area (Å²) >= 11 is 0. The van der Waals surface area contributed by atoms with Gasteiger partial charge in [0.25, 0.3) is 0 Å². The molecule has 0 aliphatic heterocycles. The topological polar surface area (TPSA) is 76.5 Å². The first-order valence-corrected chi connectivity index (χ1v) is 20.2. The SMILES string of the molecule is CCC(C)(CC)C(=O)/C=C(\O)C(C)(CC)CC.Cc1oc2ccc(-c3oc4c(-c5[c-]c6ccccc6c(C(C)(C)C)c5)nccc4c3C)cc2c1CC(C)C.[Ir]. The maximum atomic E-state index is 12.2. The summed E-state index contributed by atoms with van der Waals surface area (Å²) < 4.78 is 12.8. The summed E-state index contributed by atoms with van der Waals surface area (Å²) in [6.45, 7) is 27.5. The van der Waals surface area contributed by atoms with Gasteiger partial charge in [-0.3, -0.25) is 9.78 Å². The molecule has 0 spiro atoms. The zero-order valence-electron chi connectivity index (χ0n) is 35.9. The minimum Gasteiger partial charge on any atom is -0.512 e. The molecule has 0 unspecified atom stereocenters. The molecule has 3 heterocycles. The fourth-order valence-electron chi connectivity index (χ4n) is 7.35. The monoisotopic (exact) mass is 933 g/mol. The van der Waals surface area contributed by atoms with E-state index in [1.165, 1.54) is 28.0 Å². The van der Waals surface area contributed by atoms with Gasteiger partial charge in [-0.25, -0.2) is 0 Å². The van der Waals surface area contributed by atoms with Gasteiger partial charge in [-0.1, -0.05) is 105 Å². The molecule has 0 aliphatic carbocycles. The van der Waals surface area contributed by atoms with Crippen LogP contribution in [-0.4, -0.2) is 15.9 Å². The predicted octanol–water partition coefficient (Wildman–Crippen LogP) is 14.6. The average molecular weight is 933 g/mol. The third kappa shape index (κ3) is 8.93. The summed E-state index contributed by atoms with van der Waals surface area (Å²) in [5, 5.41) is 14.7. The van der Waals surface area contributed by atoms with Crippen molar-refractivity contribution in [3.8, 4) is 22.6 Å². The number of hydrogen-bond donors (Lipinski definition) is 1. The van der Waals surface area contributed by atoms with Gasteiger partial charge in [0, 0.05) is 76.4 Å². The van der Waals surface area contributed by atoms with E-state index in [0.717, 1.165) is 87.9 Å². The van der Waals surface area contributed by atoms with Crippen LogP contribution in [-0.2, 0) is 36.7 Å². The van der Waals surface area contributed by atoms with Gasteiger partial charge in [-0.2, -0.15) is 0 Å². The largest absolute Gasteiger partial charge is 0.512 e. The molecule has 0 bridgehead atoms. The summed E-state index contributed by atoms with van der Waals surface area (Å²) in [5.41, 5.74) is 7.63. The van der Waals surface area contributed by atoms with Crippen molar-refractivity contribution in [1.29, 1.82) is 0 Å². The molecule has 0 amide bonds. The summed E-state index contributed by atoms with van der Waals surface area (Å²) in [6.07, 6.45) is 7.63. The second-order valence-corrected chi connectivity index (χ2v) is 17.4. The first-order chi connectivity index (χ1) is 25.9. The van der Waals surface area contributed by atoms with Crippen LogP contribution in [0, 0.1) is 36.7 Å². The number of nitrogens with zero attached hydrogens (tertiary/aromatic N) is 1. The van der Waals surface area contributed by atoms with Crippen molar-refractivity contribution in [3.63, 3.8) is 0 Å². The van der Waals surface area contributed by atoms with Crippen molar-refractivity contribution < 1.29 is 38.8 Å². The number of aliphatic hydroxyl groups excluding tert-OH is 1. The molecule has 3 aromatic carbocycles. The fraction of sp³-hybridized carbons (Fsp3) is 0.440. The normalized spacial score (nSPS) is 12.6. The van der Waals surface area contributed by atoms with Crippen LogP contribution >= 0.6 is 0 Å².